The van der Waals surface area contributed by atoms with E-state index in [4.69, 9.17) is 14.6 Å². The summed E-state index contributed by atoms with van der Waals surface area (Å²) in [7, 11) is 3.13. The number of H-pyrrole nitrogens is 1. The molecule has 0 spiro atoms. The van der Waals surface area contributed by atoms with Crippen molar-refractivity contribution in [3.63, 3.8) is 0 Å². The van der Waals surface area contributed by atoms with Crippen molar-refractivity contribution in [1.29, 1.82) is 0 Å². The van der Waals surface area contributed by atoms with Crippen molar-refractivity contribution in [2.24, 2.45) is 0 Å². The Balaban J connectivity index is 2.44. The Labute approximate surface area is 104 Å². The average molecular weight is 250 g/mol. The van der Waals surface area contributed by atoms with Crippen LogP contribution in [0.4, 0.5) is 0 Å². The maximum absolute atomic E-state index is 10.5. The Morgan fingerprint density at radius 1 is 1.33 bits per heavy atom. The molecule has 0 aliphatic rings. The Morgan fingerprint density at radius 2 is 2.00 bits per heavy atom. The Morgan fingerprint density at radius 3 is 2.61 bits per heavy atom. The lowest BCUT2D eigenvalue weighted by atomic mass is 10.2. The van der Waals surface area contributed by atoms with Gasteiger partial charge in [-0.3, -0.25) is 4.79 Å². The lowest BCUT2D eigenvalue weighted by Crippen LogP contribution is -1.98. The number of hydrogen-bond donors (Lipinski definition) is 2. The summed E-state index contributed by atoms with van der Waals surface area (Å²) in [6, 6.07) is 3.54. The fourth-order valence-corrected chi connectivity index (χ4v) is 1.77. The molecule has 2 aromatic rings. The molecule has 0 amide bonds. The van der Waals surface area contributed by atoms with Crippen LogP contribution in [0.25, 0.3) is 11.0 Å². The standard InChI is InChI=1S/C12H14N2O4/c1-17-7-3-4-8(18-2)12-11(7)13-9(14-12)5-6-10(15)16/h3-4H,5-6H2,1-2H3,(H,13,14)(H,15,16). The monoisotopic (exact) mass is 250 g/mol. The normalized spacial score (nSPS) is 10.6. The first-order valence-electron chi connectivity index (χ1n) is 5.47. The number of methoxy groups -OCH3 is 2. The molecule has 6 nitrogen and oxygen atoms in total. The molecule has 1 aromatic carbocycles. The highest BCUT2D eigenvalue weighted by Gasteiger charge is 2.13. The number of carboxylic acids is 1. The smallest absolute Gasteiger partial charge is 0.303 e. The van der Waals surface area contributed by atoms with E-state index in [9.17, 15) is 4.79 Å². The minimum Gasteiger partial charge on any atom is -0.494 e. The minimum atomic E-state index is -0.852. The van der Waals surface area contributed by atoms with E-state index in [1.165, 1.54) is 0 Å². The molecule has 1 aromatic heterocycles. The Kier molecular flexibility index (Phi) is 3.36. The summed E-state index contributed by atoms with van der Waals surface area (Å²) in [6.07, 6.45) is 0.376. The first kappa shape index (κ1) is 12.2. The predicted molar refractivity (Wildman–Crippen MR) is 65.2 cm³/mol. The van der Waals surface area contributed by atoms with Crippen LogP contribution in [0.5, 0.6) is 11.5 Å². The number of carboxylic acid groups (broad SMARTS) is 1. The number of rotatable bonds is 5. The minimum absolute atomic E-state index is 0.0322. The molecule has 0 saturated carbocycles. The highest BCUT2D eigenvalue weighted by Crippen LogP contribution is 2.31. The number of nitrogens with one attached hydrogen (secondary N) is 1. The highest BCUT2D eigenvalue weighted by molar-refractivity contribution is 5.87. The largest absolute Gasteiger partial charge is 0.494 e. The highest BCUT2D eigenvalue weighted by atomic mass is 16.5. The van der Waals surface area contributed by atoms with Gasteiger partial charge in [-0.25, -0.2) is 4.98 Å². The predicted octanol–water partition coefficient (Wildman–Crippen LogP) is 1.60. The van der Waals surface area contributed by atoms with E-state index >= 15 is 0 Å². The van der Waals surface area contributed by atoms with E-state index in [0.29, 0.717) is 29.3 Å². The van der Waals surface area contributed by atoms with Crippen LogP contribution in [-0.4, -0.2) is 35.3 Å². The van der Waals surface area contributed by atoms with Gasteiger partial charge in [-0.05, 0) is 12.1 Å². The third-order valence-electron chi connectivity index (χ3n) is 2.63. The van der Waals surface area contributed by atoms with Crippen molar-refractivity contribution in [2.45, 2.75) is 12.8 Å². The summed E-state index contributed by atoms with van der Waals surface area (Å²) >= 11 is 0. The number of benzene rings is 1. The average Bonchev–Trinajstić information content (AvgIpc) is 2.79. The molecule has 6 heteroatoms. The van der Waals surface area contributed by atoms with Crippen LogP contribution in [0.3, 0.4) is 0 Å². The molecule has 0 fully saturated rings. The second kappa shape index (κ2) is 4.95. The van der Waals surface area contributed by atoms with Crippen LogP contribution in [0.15, 0.2) is 12.1 Å². The maximum atomic E-state index is 10.5. The van der Waals surface area contributed by atoms with E-state index in [0.717, 1.165) is 5.52 Å². The molecular weight excluding hydrogens is 236 g/mol. The third kappa shape index (κ3) is 2.22. The van der Waals surface area contributed by atoms with Crippen LogP contribution in [0, 0.1) is 0 Å². The van der Waals surface area contributed by atoms with Crippen LogP contribution >= 0.6 is 0 Å². The zero-order chi connectivity index (χ0) is 13.1. The van der Waals surface area contributed by atoms with Gasteiger partial charge in [0, 0.05) is 6.42 Å². The van der Waals surface area contributed by atoms with Crippen molar-refractivity contribution in [1.82, 2.24) is 9.97 Å². The van der Waals surface area contributed by atoms with E-state index in [1.54, 1.807) is 26.4 Å². The lowest BCUT2D eigenvalue weighted by Gasteiger charge is -2.04. The summed E-state index contributed by atoms with van der Waals surface area (Å²) in [5, 5.41) is 8.66. The molecule has 1 heterocycles. The number of fused-ring (bicyclic) bond motifs is 1. The summed E-state index contributed by atoms with van der Waals surface area (Å²) in [4.78, 5) is 17.9. The van der Waals surface area contributed by atoms with Crippen molar-refractivity contribution < 1.29 is 19.4 Å². The first-order chi connectivity index (χ1) is 8.65. The molecule has 2 N–H and O–H groups in total. The molecule has 0 unspecified atom stereocenters. The fraction of sp³-hybridized carbons (Fsp3) is 0.333. The molecular formula is C12H14N2O4. The second-order valence-corrected chi connectivity index (χ2v) is 3.77. The number of hydrogen-bond acceptors (Lipinski definition) is 4. The molecule has 0 radical (unpaired) electrons. The summed E-state index contributed by atoms with van der Waals surface area (Å²) in [5.74, 6) is 1.04. The molecule has 0 atom stereocenters. The molecule has 18 heavy (non-hydrogen) atoms. The summed E-state index contributed by atoms with van der Waals surface area (Å²) in [5.41, 5.74) is 1.37. The summed E-state index contributed by atoms with van der Waals surface area (Å²) < 4.78 is 10.4. The van der Waals surface area contributed by atoms with Gasteiger partial charge in [0.05, 0.1) is 20.6 Å². The van der Waals surface area contributed by atoms with E-state index in [1.807, 2.05) is 0 Å². The van der Waals surface area contributed by atoms with Gasteiger partial charge in [0.15, 0.2) is 0 Å². The number of aromatic amines is 1. The third-order valence-corrected chi connectivity index (χ3v) is 2.63. The number of carbonyl (C=O) groups is 1. The van der Waals surface area contributed by atoms with Gasteiger partial charge in [-0.15, -0.1) is 0 Å². The van der Waals surface area contributed by atoms with Crippen LogP contribution < -0.4 is 9.47 Å². The summed E-state index contributed by atoms with van der Waals surface area (Å²) in [6.45, 7) is 0. The van der Waals surface area contributed by atoms with Crippen LogP contribution in [0.2, 0.25) is 0 Å². The van der Waals surface area contributed by atoms with Gasteiger partial charge in [0.25, 0.3) is 0 Å². The molecule has 2 rings (SSSR count). The quantitative estimate of drug-likeness (QED) is 0.841. The molecule has 0 aliphatic heterocycles. The zero-order valence-electron chi connectivity index (χ0n) is 10.2. The van der Waals surface area contributed by atoms with Gasteiger partial charge in [-0.1, -0.05) is 0 Å². The maximum Gasteiger partial charge on any atom is 0.303 e. The Hall–Kier alpha value is -2.24. The fourth-order valence-electron chi connectivity index (χ4n) is 1.77. The van der Waals surface area contributed by atoms with E-state index in [-0.39, 0.29) is 6.42 Å². The van der Waals surface area contributed by atoms with Crippen molar-refractivity contribution in [3.05, 3.63) is 18.0 Å². The van der Waals surface area contributed by atoms with Gasteiger partial charge in [0.1, 0.15) is 28.4 Å². The number of aliphatic carboxylic acids is 1. The van der Waals surface area contributed by atoms with Gasteiger partial charge < -0.3 is 19.6 Å². The lowest BCUT2D eigenvalue weighted by molar-refractivity contribution is -0.137. The zero-order valence-corrected chi connectivity index (χ0v) is 10.2. The number of aryl methyl sites for hydroxylation is 1. The van der Waals surface area contributed by atoms with Crippen molar-refractivity contribution in [3.8, 4) is 11.5 Å². The van der Waals surface area contributed by atoms with Crippen molar-refractivity contribution >= 4 is 17.0 Å². The molecule has 0 saturated heterocycles. The molecule has 0 aliphatic carbocycles. The second-order valence-electron chi connectivity index (χ2n) is 3.77. The van der Waals surface area contributed by atoms with Crippen LogP contribution in [0.1, 0.15) is 12.2 Å². The number of nitrogens with zero attached hydrogens (tertiary/aromatic N) is 1. The molecule has 0 bridgehead atoms. The number of ether oxygens (including phenoxy) is 2. The van der Waals surface area contributed by atoms with Gasteiger partial charge in [0.2, 0.25) is 0 Å². The number of aromatic nitrogens is 2. The van der Waals surface area contributed by atoms with E-state index in [2.05, 4.69) is 9.97 Å². The number of imidazole rings is 1. The van der Waals surface area contributed by atoms with Crippen molar-refractivity contribution in [2.75, 3.05) is 14.2 Å². The first-order valence-corrected chi connectivity index (χ1v) is 5.47. The van der Waals surface area contributed by atoms with E-state index < -0.39 is 5.97 Å². The molecule has 96 valence electrons. The SMILES string of the molecule is COc1ccc(OC)c2[nH]c(CCC(=O)O)nc12. The van der Waals surface area contributed by atoms with Gasteiger partial charge in [-0.2, -0.15) is 0 Å². The topological polar surface area (TPSA) is 84.4 Å². The van der Waals surface area contributed by atoms with Gasteiger partial charge >= 0.3 is 5.97 Å². The Bertz CT molecular complexity index is 536. The van der Waals surface area contributed by atoms with Crippen LogP contribution in [-0.2, 0) is 11.2 Å².